The molecule has 0 aliphatic heterocycles. The summed E-state index contributed by atoms with van der Waals surface area (Å²) >= 11 is 0. The lowest BCUT2D eigenvalue weighted by Crippen LogP contribution is -2.28. The van der Waals surface area contributed by atoms with Crippen LogP contribution < -0.4 is 5.32 Å². The molecule has 2 aromatic rings. The SMILES string of the molecule is CCC(NC(=O)CCC(=O)c1ccc(F)cc1)c1ccncc1. The van der Waals surface area contributed by atoms with E-state index in [-0.39, 0.29) is 36.4 Å². The molecule has 0 radical (unpaired) electrons. The fourth-order valence-corrected chi connectivity index (χ4v) is 2.29. The number of hydrogen-bond donors (Lipinski definition) is 1. The van der Waals surface area contributed by atoms with Gasteiger partial charge in [-0.15, -0.1) is 0 Å². The van der Waals surface area contributed by atoms with Crippen LogP contribution in [0.5, 0.6) is 0 Å². The molecule has 1 heterocycles. The lowest BCUT2D eigenvalue weighted by molar-refractivity contribution is -0.121. The third-order valence-corrected chi connectivity index (χ3v) is 3.60. The monoisotopic (exact) mass is 314 g/mol. The molecule has 0 saturated carbocycles. The second-order valence-corrected chi connectivity index (χ2v) is 5.24. The Morgan fingerprint density at radius 3 is 2.35 bits per heavy atom. The van der Waals surface area contributed by atoms with E-state index in [1.165, 1.54) is 24.3 Å². The Kier molecular flexibility index (Phi) is 5.97. The standard InChI is InChI=1S/C18H19FN2O2/c1-2-16(13-9-11-20-12-10-13)21-18(23)8-7-17(22)14-3-5-15(19)6-4-14/h3-6,9-12,16H,2,7-8H2,1H3,(H,21,23). The normalized spacial score (nSPS) is 11.7. The van der Waals surface area contributed by atoms with E-state index in [4.69, 9.17) is 0 Å². The summed E-state index contributed by atoms with van der Waals surface area (Å²) in [6.07, 6.45) is 4.33. The second-order valence-electron chi connectivity index (χ2n) is 5.24. The third-order valence-electron chi connectivity index (χ3n) is 3.60. The number of nitrogens with zero attached hydrogens (tertiary/aromatic N) is 1. The summed E-state index contributed by atoms with van der Waals surface area (Å²) in [6, 6.07) is 8.97. The number of carbonyl (C=O) groups is 2. The second kappa shape index (κ2) is 8.17. The predicted octanol–water partition coefficient (Wildman–Crippen LogP) is 3.45. The van der Waals surface area contributed by atoms with E-state index >= 15 is 0 Å². The number of benzene rings is 1. The molecule has 2 rings (SSSR count). The van der Waals surface area contributed by atoms with Crippen LogP contribution in [0.2, 0.25) is 0 Å². The first-order valence-electron chi connectivity index (χ1n) is 7.58. The lowest BCUT2D eigenvalue weighted by atomic mass is 10.0. The van der Waals surface area contributed by atoms with Gasteiger partial charge in [-0.05, 0) is 48.4 Å². The number of hydrogen-bond acceptors (Lipinski definition) is 3. The van der Waals surface area contributed by atoms with Crippen LogP contribution in [0.3, 0.4) is 0 Å². The van der Waals surface area contributed by atoms with Crippen molar-refractivity contribution in [2.24, 2.45) is 0 Å². The van der Waals surface area contributed by atoms with Gasteiger partial charge < -0.3 is 5.32 Å². The van der Waals surface area contributed by atoms with Crippen LogP contribution in [-0.4, -0.2) is 16.7 Å². The van der Waals surface area contributed by atoms with E-state index in [0.717, 1.165) is 12.0 Å². The van der Waals surface area contributed by atoms with Crippen LogP contribution in [0.1, 0.15) is 48.1 Å². The number of nitrogens with one attached hydrogen (secondary N) is 1. The van der Waals surface area contributed by atoms with Crippen molar-refractivity contribution >= 4 is 11.7 Å². The van der Waals surface area contributed by atoms with Crippen molar-refractivity contribution in [2.45, 2.75) is 32.2 Å². The Morgan fingerprint density at radius 1 is 1.09 bits per heavy atom. The summed E-state index contributed by atoms with van der Waals surface area (Å²) < 4.78 is 12.8. The molecule has 1 atom stereocenters. The molecule has 5 heteroatoms. The quantitative estimate of drug-likeness (QED) is 0.796. The number of ketones is 1. The Hall–Kier alpha value is -2.56. The zero-order chi connectivity index (χ0) is 16.7. The van der Waals surface area contributed by atoms with Crippen molar-refractivity contribution in [2.75, 3.05) is 0 Å². The molecule has 4 nitrogen and oxygen atoms in total. The number of carbonyl (C=O) groups excluding carboxylic acids is 2. The van der Waals surface area contributed by atoms with E-state index in [2.05, 4.69) is 10.3 Å². The average molecular weight is 314 g/mol. The molecule has 1 aromatic heterocycles. The van der Waals surface area contributed by atoms with Crippen LogP contribution in [0, 0.1) is 5.82 Å². The number of rotatable bonds is 7. The van der Waals surface area contributed by atoms with Gasteiger partial charge in [0, 0.05) is 30.8 Å². The Bertz CT molecular complexity index is 656. The first-order valence-corrected chi connectivity index (χ1v) is 7.58. The molecular formula is C18H19FN2O2. The van der Waals surface area contributed by atoms with Gasteiger partial charge in [0.15, 0.2) is 5.78 Å². The molecule has 1 N–H and O–H groups in total. The lowest BCUT2D eigenvalue weighted by Gasteiger charge is -2.17. The summed E-state index contributed by atoms with van der Waals surface area (Å²) in [5.74, 6) is -0.733. The van der Waals surface area contributed by atoms with Crippen molar-refractivity contribution in [3.05, 3.63) is 65.7 Å². The van der Waals surface area contributed by atoms with E-state index in [1.807, 2.05) is 19.1 Å². The largest absolute Gasteiger partial charge is 0.349 e. The minimum Gasteiger partial charge on any atom is -0.349 e. The van der Waals surface area contributed by atoms with Crippen LogP contribution in [-0.2, 0) is 4.79 Å². The third kappa shape index (κ3) is 4.98. The summed E-state index contributed by atoms with van der Waals surface area (Å²) in [6.45, 7) is 1.98. The van der Waals surface area contributed by atoms with Gasteiger partial charge in [-0.25, -0.2) is 4.39 Å². The minimum atomic E-state index is -0.387. The first-order chi connectivity index (χ1) is 11.1. The molecule has 0 saturated heterocycles. The topological polar surface area (TPSA) is 59.1 Å². The molecule has 0 bridgehead atoms. The van der Waals surface area contributed by atoms with Crippen molar-refractivity contribution in [1.82, 2.24) is 10.3 Å². The highest BCUT2D eigenvalue weighted by Gasteiger charge is 2.14. The zero-order valence-electron chi connectivity index (χ0n) is 13.0. The molecule has 1 amide bonds. The van der Waals surface area contributed by atoms with Crippen molar-refractivity contribution < 1.29 is 14.0 Å². The number of pyridine rings is 1. The average Bonchev–Trinajstić information content (AvgIpc) is 2.59. The number of halogens is 1. The van der Waals surface area contributed by atoms with Gasteiger partial charge in [0.25, 0.3) is 0 Å². The van der Waals surface area contributed by atoms with Crippen LogP contribution in [0.15, 0.2) is 48.8 Å². The van der Waals surface area contributed by atoms with E-state index < -0.39 is 0 Å². The van der Waals surface area contributed by atoms with Crippen LogP contribution in [0.4, 0.5) is 4.39 Å². The number of aromatic nitrogens is 1. The predicted molar refractivity (Wildman–Crippen MR) is 85.4 cm³/mol. The highest BCUT2D eigenvalue weighted by molar-refractivity contribution is 5.97. The van der Waals surface area contributed by atoms with Gasteiger partial charge in [-0.1, -0.05) is 6.92 Å². The molecule has 0 spiro atoms. The first kappa shape index (κ1) is 16.8. The zero-order valence-corrected chi connectivity index (χ0v) is 13.0. The summed E-state index contributed by atoms with van der Waals surface area (Å²) in [4.78, 5) is 28.0. The van der Waals surface area contributed by atoms with E-state index in [1.54, 1.807) is 12.4 Å². The van der Waals surface area contributed by atoms with Crippen molar-refractivity contribution in [3.8, 4) is 0 Å². The van der Waals surface area contributed by atoms with Gasteiger partial charge in [0.1, 0.15) is 5.82 Å². The molecule has 23 heavy (non-hydrogen) atoms. The highest BCUT2D eigenvalue weighted by Crippen LogP contribution is 2.16. The molecule has 0 fully saturated rings. The smallest absolute Gasteiger partial charge is 0.220 e. The Balaban J connectivity index is 1.87. The maximum absolute atomic E-state index is 12.8. The number of amides is 1. The van der Waals surface area contributed by atoms with E-state index in [9.17, 15) is 14.0 Å². The summed E-state index contributed by atoms with van der Waals surface area (Å²) in [5, 5.41) is 2.92. The Morgan fingerprint density at radius 2 is 1.74 bits per heavy atom. The molecule has 1 aromatic carbocycles. The Labute approximate surface area is 134 Å². The van der Waals surface area contributed by atoms with E-state index in [0.29, 0.717) is 5.56 Å². The molecule has 0 aliphatic carbocycles. The molecule has 0 aliphatic rings. The summed E-state index contributed by atoms with van der Waals surface area (Å²) in [5.41, 5.74) is 1.40. The molecule has 1 unspecified atom stereocenters. The van der Waals surface area contributed by atoms with Gasteiger partial charge in [-0.3, -0.25) is 14.6 Å². The fraction of sp³-hybridized carbons (Fsp3) is 0.278. The molecular weight excluding hydrogens is 295 g/mol. The van der Waals surface area contributed by atoms with Gasteiger partial charge >= 0.3 is 0 Å². The highest BCUT2D eigenvalue weighted by atomic mass is 19.1. The van der Waals surface area contributed by atoms with Crippen molar-refractivity contribution in [3.63, 3.8) is 0 Å². The fourth-order valence-electron chi connectivity index (χ4n) is 2.29. The van der Waals surface area contributed by atoms with Crippen molar-refractivity contribution in [1.29, 1.82) is 0 Å². The van der Waals surface area contributed by atoms with Crippen LogP contribution in [0.25, 0.3) is 0 Å². The van der Waals surface area contributed by atoms with Gasteiger partial charge in [-0.2, -0.15) is 0 Å². The minimum absolute atomic E-state index is 0.0913. The summed E-state index contributed by atoms with van der Waals surface area (Å²) in [7, 11) is 0. The maximum atomic E-state index is 12.8. The maximum Gasteiger partial charge on any atom is 0.220 e. The molecule has 120 valence electrons. The number of Topliss-reactive ketones (excluding diaryl/α,β-unsaturated/α-hetero) is 1. The van der Waals surface area contributed by atoms with Crippen LogP contribution >= 0.6 is 0 Å². The van der Waals surface area contributed by atoms with Gasteiger partial charge in [0.2, 0.25) is 5.91 Å². The van der Waals surface area contributed by atoms with Gasteiger partial charge in [0.05, 0.1) is 6.04 Å².